The number of rotatable bonds is 4. The number of carbonyl (C=O) groups excluding carboxylic acids is 1. The Morgan fingerprint density at radius 3 is 3.00 bits per heavy atom. The molecule has 1 amide bonds. The predicted octanol–water partition coefficient (Wildman–Crippen LogP) is 0.650. The van der Waals surface area contributed by atoms with E-state index < -0.39 is 0 Å². The van der Waals surface area contributed by atoms with Crippen LogP contribution in [0.25, 0.3) is 0 Å². The molecular weight excluding hydrogens is 282 g/mol. The van der Waals surface area contributed by atoms with Crippen LogP contribution in [0.1, 0.15) is 54.0 Å². The lowest BCUT2D eigenvalue weighted by Crippen LogP contribution is -2.26. The molecule has 1 aliphatic heterocycles. The Morgan fingerprint density at radius 1 is 1.41 bits per heavy atom. The molecule has 8 heteroatoms. The van der Waals surface area contributed by atoms with E-state index in [0.717, 1.165) is 36.7 Å². The number of nitrogen functional groups attached to an aromatic ring is 1. The molecule has 0 saturated heterocycles. The molecular formula is C14H19N7O. The smallest absolute Gasteiger partial charge is 0.270 e. The van der Waals surface area contributed by atoms with E-state index in [-0.39, 0.29) is 23.5 Å². The second kappa shape index (κ2) is 5.70. The van der Waals surface area contributed by atoms with Gasteiger partial charge >= 0.3 is 0 Å². The maximum atomic E-state index is 12.3. The molecule has 1 aliphatic rings. The largest absolute Gasteiger partial charge is 0.368 e. The number of fused-ring (bicyclic) bond motifs is 1. The highest BCUT2D eigenvalue weighted by atomic mass is 16.1. The maximum Gasteiger partial charge on any atom is 0.270 e. The average Bonchev–Trinajstić information content (AvgIpc) is 3.07. The summed E-state index contributed by atoms with van der Waals surface area (Å²) in [5, 5.41) is 11.0. The minimum atomic E-state index is -0.286. The van der Waals surface area contributed by atoms with Gasteiger partial charge < -0.3 is 15.6 Å². The first-order valence-electron chi connectivity index (χ1n) is 7.38. The topological polar surface area (TPSA) is 112 Å². The summed E-state index contributed by atoms with van der Waals surface area (Å²) in [5.41, 5.74) is 6.70. The van der Waals surface area contributed by atoms with Gasteiger partial charge in [-0.1, -0.05) is 13.8 Å². The Balaban J connectivity index is 1.72. The number of hydrogen-bond acceptors (Lipinski definition) is 6. The summed E-state index contributed by atoms with van der Waals surface area (Å²) < 4.78 is 2.05. The second-order valence-corrected chi connectivity index (χ2v) is 5.66. The normalized spacial score (nSPS) is 13.4. The molecule has 3 N–H and O–H groups in total. The van der Waals surface area contributed by atoms with Gasteiger partial charge in [0.2, 0.25) is 5.95 Å². The molecule has 116 valence electrons. The lowest BCUT2D eigenvalue weighted by atomic mass is 10.1. The van der Waals surface area contributed by atoms with Gasteiger partial charge in [0.05, 0.1) is 6.54 Å². The Hall–Kier alpha value is -2.51. The minimum absolute atomic E-state index is 0.111. The van der Waals surface area contributed by atoms with Gasteiger partial charge in [0, 0.05) is 18.7 Å². The SMILES string of the molecule is CC(C)c1cc(C(=O)NCc2nnc3n2CCC3)nc(N)n1. The molecule has 0 spiro atoms. The van der Waals surface area contributed by atoms with Crippen molar-refractivity contribution < 1.29 is 4.79 Å². The van der Waals surface area contributed by atoms with Gasteiger partial charge in [0.15, 0.2) is 5.82 Å². The molecule has 0 unspecified atom stereocenters. The van der Waals surface area contributed by atoms with Crippen LogP contribution in [-0.2, 0) is 19.5 Å². The summed E-state index contributed by atoms with van der Waals surface area (Å²) in [7, 11) is 0. The molecule has 0 bridgehead atoms. The fraction of sp³-hybridized carbons (Fsp3) is 0.500. The number of aryl methyl sites for hydroxylation is 1. The summed E-state index contributed by atoms with van der Waals surface area (Å²) in [5.74, 6) is 1.76. The van der Waals surface area contributed by atoms with E-state index in [0.29, 0.717) is 6.54 Å². The number of nitrogens with one attached hydrogen (secondary N) is 1. The molecule has 0 aliphatic carbocycles. The first-order valence-corrected chi connectivity index (χ1v) is 7.38. The van der Waals surface area contributed by atoms with E-state index in [4.69, 9.17) is 5.73 Å². The van der Waals surface area contributed by atoms with Crippen molar-refractivity contribution in [2.45, 2.75) is 45.7 Å². The first-order chi connectivity index (χ1) is 10.5. The van der Waals surface area contributed by atoms with Gasteiger partial charge in [0.1, 0.15) is 11.5 Å². The highest BCUT2D eigenvalue weighted by Crippen LogP contribution is 2.15. The molecule has 2 aromatic heterocycles. The number of nitrogens with zero attached hydrogens (tertiary/aromatic N) is 5. The van der Waals surface area contributed by atoms with Crippen molar-refractivity contribution in [1.82, 2.24) is 30.0 Å². The second-order valence-electron chi connectivity index (χ2n) is 5.66. The van der Waals surface area contributed by atoms with E-state index in [9.17, 15) is 4.79 Å². The van der Waals surface area contributed by atoms with Crippen molar-refractivity contribution in [3.63, 3.8) is 0 Å². The van der Waals surface area contributed by atoms with Crippen LogP contribution in [0.5, 0.6) is 0 Å². The minimum Gasteiger partial charge on any atom is -0.368 e. The van der Waals surface area contributed by atoms with Crippen LogP contribution in [0, 0.1) is 0 Å². The fourth-order valence-electron chi connectivity index (χ4n) is 2.49. The van der Waals surface area contributed by atoms with Crippen LogP contribution in [0.15, 0.2) is 6.07 Å². The van der Waals surface area contributed by atoms with Gasteiger partial charge in [0.25, 0.3) is 5.91 Å². The van der Waals surface area contributed by atoms with Gasteiger partial charge in [-0.25, -0.2) is 9.97 Å². The third-order valence-corrected chi connectivity index (χ3v) is 3.68. The lowest BCUT2D eigenvalue weighted by Gasteiger charge is -2.09. The van der Waals surface area contributed by atoms with E-state index in [2.05, 4.69) is 25.5 Å². The quantitative estimate of drug-likeness (QED) is 0.857. The molecule has 0 aromatic carbocycles. The number of hydrogen-bond donors (Lipinski definition) is 2. The maximum absolute atomic E-state index is 12.3. The zero-order valence-corrected chi connectivity index (χ0v) is 12.7. The third-order valence-electron chi connectivity index (χ3n) is 3.68. The number of anilines is 1. The fourth-order valence-corrected chi connectivity index (χ4v) is 2.49. The van der Waals surface area contributed by atoms with Gasteiger partial charge in [-0.3, -0.25) is 4.79 Å². The van der Waals surface area contributed by atoms with E-state index in [1.165, 1.54) is 0 Å². The van der Waals surface area contributed by atoms with Crippen LogP contribution < -0.4 is 11.1 Å². The molecule has 0 fully saturated rings. The molecule has 22 heavy (non-hydrogen) atoms. The number of carbonyl (C=O) groups is 1. The molecule has 3 rings (SSSR count). The van der Waals surface area contributed by atoms with Crippen molar-refractivity contribution in [2.75, 3.05) is 5.73 Å². The number of nitrogens with two attached hydrogens (primary N) is 1. The van der Waals surface area contributed by atoms with Crippen LogP contribution in [0.4, 0.5) is 5.95 Å². The molecule has 3 heterocycles. The monoisotopic (exact) mass is 301 g/mol. The van der Waals surface area contributed by atoms with Crippen molar-refractivity contribution in [1.29, 1.82) is 0 Å². The zero-order chi connectivity index (χ0) is 15.7. The van der Waals surface area contributed by atoms with E-state index >= 15 is 0 Å². The molecule has 2 aromatic rings. The Labute approximate surface area is 128 Å². The molecule has 0 radical (unpaired) electrons. The Bertz CT molecular complexity index is 707. The molecule has 8 nitrogen and oxygen atoms in total. The third kappa shape index (κ3) is 2.76. The summed E-state index contributed by atoms with van der Waals surface area (Å²) in [6.45, 7) is 5.21. The molecule has 0 atom stereocenters. The van der Waals surface area contributed by atoms with Gasteiger partial charge in [-0.05, 0) is 18.4 Å². The summed E-state index contributed by atoms with van der Waals surface area (Å²) in [4.78, 5) is 20.4. The van der Waals surface area contributed by atoms with Gasteiger partial charge in [-0.15, -0.1) is 10.2 Å². The molecule has 0 saturated carbocycles. The van der Waals surface area contributed by atoms with Crippen molar-refractivity contribution in [2.24, 2.45) is 0 Å². The van der Waals surface area contributed by atoms with Crippen LogP contribution >= 0.6 is 0 Å². The first kappa shape index (κ1) is 14.4. The number of aromatic nitrogens is 5. The number of amides is 1. The van der Waals surface area contributed by atoms with Crippen LogP contribution in [0.3, 0.4) is 0 Å². The van der Waals surface area contributed by atoms with Crippen LogP contribution in [0.2, 0.25) is 0 Å². The van der Waals surface area contributed by atoms with Gasteiger partial charge in [-0.2, -0.15) is 0 Å². The average molecular weight is 301 g/mol. The van der Waals surface area contributed by atoms with Crippen molar-refractivity contribution in [3.05, 3.63) is 29.1 Å². The predicted molar refractivity (Wildman–Crippen MR) is 80.0 cm³/mol. The zero-order valence-electron chi connectivity index (χ0n) is 12.7. The van der Waals surface area contributed by atoms with Crippen LogP contribution in [-0.4, -0.2) is 30.6 Å². The van der Waals surface area contributed by atoms with E-state index in [1.54, 1.807) is 6.07 Å². The van der Waals surface area contributed by atoms with E-state index in [1.807, 2.05) is 18.4 Å². The summed E-state index contributed by atoms with van der Waals surface area (Å²) in [6.07, 6.45) is 2.02. The summed E-state index contributed by atoms with van der Waals surface area (Å²) >= 11 is 0. The highest BCUT2D eigenvalue weighted by Gasteiger charge is 2.18. The lowest BCUT2D eigenvalue weighted by molar-refractivity contribution is 0.0944. The Kier molecular flexibility index (Phi) is 3.74. The summed E-state index contributed by atoms with van der Waals surface area (Å²) in [6, 6.07) is 1.67. The van der Waals surface area contributed by atoms with Crippen molar-refractivity contribution in [3.8, 4) is 0 Å². The van der Waals surface area contributed by atoms with Crippen molar-refractivity contribution >= 4 is 11.9 Å². The Morgan fingerprint density at radius 2 is 2.23 bits per heavy atom. The standard InChI is InChI=1S/C14H19N7O/c1-8(2)9-6-10(18-14(15)17-9)13(22)16-7-12-20-19-11-4-3-5-21(11)12/h6,8H,3-5,7H2,1-2H3,(H,16,22)(H2,15,17,18). The highest BCUT2D eigenvalue weighted by molar-refractivity contribution is 5.92.